The van der Waals surface area contributed by atoms with Crippen molar-refractivity contribution in [2.75, 3.05) is 5.32 Å². The summed E-state index contributed by atoms with van der Waals surface area (Å²) >= 11 is 5.72. The first-order chi connectivity index (χ1) is 8.56. The Balaban J connectivity index is 2.13. The van der Waals surface area contributed by atoms with Gasteiger partial charge in [-0.15, -0.1) is 0 Å². The highest BCUT2D eigenvalue weighted by atomic mass is 35.5. The van der Waals surface area contributed by atoms with E-state index in [1.807, 2.05) is 19.1 Å². The third-order valence-electron chi connectivity index (χ3n) is 2.70. The molecule has 2 rings (SSSR count). The van der Waals surface area contributed by atoms with Crippen LogP contribution in [0.2, 0.25) is 5.02 Å². The minimum atomic E-state index is -0.431. The second kappa shape index (κ2) is 5.27. The van der Waals surface area contributed by atoms with Crippen LogP contribution in [0.5, 0.6) is 5.75 Å². The molecular formula is C14H13ClFNO. The maximum absolute atomic E-state index is 13.0. The van der Waals surface area contributed by atoms with E-state index >= 15 is 0 Å². The van der Waals surface area contributed by atoms with Gasteiger partial charge >= 0.3 is 0 Å². The molecule has 2 aromatic carbocycles. The van der Waals surface area contributed by atoms with E-state index in [0.29, 0.717) is 0 Å². The highest BCUT2D eigenvalue weighted by molar-refractivity contribution is 6.31. The molecule has 4 heteroatoms. The molecule has 0 saturated heterocycles. The lowest BCUT2D eigenvalue weighted by Gasteiger charge is -2.16. The summed E-state index contributed by atoms with van der Waals surface area (Å²) < 4.78 is 13.0. The first-order valence-corrected chi connectivity index (χ1v) is 5.94. The zero-order valence-electron chi connectivity index (χ0n) is 9.82. The number of hydrogen-bond donors (Lipinski definition) is 2. The van der Waals surface area contributed by atoms with E-state index in [9.17, 15) is 9.50 Å². The van der Waals surface area contributed by atoms with E-state index < -0.39 is 5.82 Å². The molecule has 94 valence electrons. The monoisotopic (exact) mass is 265 g/mol. The van der Waals surface area contributed by atoms with Gasteiger partial charge in [0.2, 0.25) is 0 Å². The molecule has 0 radical (unpaired) electrons. The Kier molecular flexibility index (Phi) is 3.72. The smallest absolute Gasteiger partial charge is 0.141 e. The van der Waals surface area contributed by atoms with Gasteiger partial charge in [0.15, 0.2) is 0 Å². The lowest BCUT2D eigenvalue weighted by Crippen LogP contribution is -2.06. The number of hydrogen-bond acceptors (Lipinski definition) is 2. The summed E-state index contributed by atoms with van der Waals surface area (Å²) in [4.78, 5) is 0. The van der Waals surface area contributed by atoms with Crippen LogP contribution in [0.3, 0.4) is 0 Å². The predicted molar refractivity (Wildman–Crippen MR) is 71.6 cm³/mol. The fraction of sp³-hybridized carbons (Fsp3) is 0.143. The number of aromatic hydroxyl groups is 1. The number of halogens is 2. The van der Waals surface area contributed by atoms with Crippen LogP contribution < -0.4 is 5.32 Å². The first-order valence-electron chi connectivity index (χ1n) is 5.57. The van der Waals surface area contributed by atoms with Crippen molar-refractivity contribution in [3.05, 3.63) is 58.9 Å². The highest BCUT2D eigenvalue weighted by Gasteiger charge is 2.07. The molecule has 2 N–H and O–H groups in total. The summed E-state index contributed by atoms with van der Waals surface area (Å²) in [6.07, 6.45) is 0. The molecule has 0 fully saturated rings. The molecule has 0 aliphatic carbocycles. The fourth-order valence-corrected chi connectivity index (χ4v) is 1.86. The molecule has 0 saturated carbocycles. The number of nitrogens with one attached hydrogen (secondary N) is 1. The van der Waals surface area contributed by atoms with E-state index in [4.69, 9.17) is 11.6 Å². The number of anilines is 1. The molecule has 0 aliphatic rings. The van der Waals surface area contributed by atoms with Crippen molar-refractivity contribution < 1.29 is 9.50 Å². The average Bonchev–Trinajstić information content (AvgIpc) is 2.34. The van der Waals surface area contributed by atoms with Gasteiger partial charge in [0.05, 0.1) is 5.02 Å². The standard InChI is InChI=1S/C14H13ClFNO/c1-9(10-2-5-12(18)6-3-10)17-11-4-7-14(16)13(15)8-11/h2-9,17-18H,1H3. The Morgan fingerprint density at radius 1 is 1.17 bits per heavy atom. The molecule has 2 nitrogen and oxygen atoms in total. The van der Waals surface area contributed by atoms with Crippen molar-refractivity contribution in [1.29, 1.82) is 0 Å². The molecule has 18 heavy (non-hydrogen) atoms. The van der Waals surface area contributed by atoms with E-state index in [0.717, 1.165) is 11.3 Å². The van der Waals surface area contributed by atoms with Gasteiger partial charge in [0, 0.05) is 11.7 Å². The predicted octanol–water partition coefficient (Wildman–Crippen LogP) is 4.36. The molecule has 2 aromatic rings. The van der Waals surface area contributed by atoms with Crippen LogP contribution in [0.4, 0.5) is 10.1 Å². The van der Waals surface area contributed by atoms with Crippen LogP contribution in [0.15, 0.2) is 42.5 Å². The third-order valence-corrected chi connectivity index (χ3v) is 2.99. The summed E-state index contributed by atoms with van der Waals surface area (Å²) in [6, 6.07) is 11.5. The maximum Gasteiger partial charge on any atom is 0.141 e. The van der Waals surface area contributed by atoms with Crippen molar-refractivity contribution in [1.82, 2.24) is 0 Å². The van der Waals surface area contributed by atoms with Crippen LogP contribution >= 0.6 is 11.6 Å². The second-order valence-electron chi connectivity index (χ2n) is 4.09. The molecule has 0 aliphatic heterocycles. The van der Waals surface area contributed by atoms with Gasteiger partial charge in [-0.25, -0.2) is 4.39 Å². The number of benzene rings is 2. The van der Waals surface area contributed by atoms with Gasteiger partial charge in [0.1, 0.15) is 11.6 Å². The Morgan fingerprint density at radius 3 is 2.44 bits per heavy atom. The number of rotatable bonds is 3. The fourth-order valence-electron chi connectivity index (χ4n) is 1.68. The Morgan fingerprint density at radius 2 is 1.83 bits per heavy atom. The summed E-state index contributed by atoms with van der Waals surface area (Å²) in [5.74, 6) is -0.199. The van der Waals surface area contributed by atoms with Crippen molar-refractivity contribution in [3.63, 3.8) is 0 Å². The molecule has 0 spiro atoms. The van der Waals surface area contributed by atoms with E-state index in [-0.39, 0.29) is 16.8 Å². The molecule has 0 heterocycles. The van der Waals surface area contributed by atoms with Crippen molar-refractivity contribution in [2.24, 2.45) is 0 Å². The van der Waals surface area contributed by atoms with Crippen molar-refractivity contribution in [2.45, 2.75) is 13.0 Å². The molecular weight excluding hydrogens is 253 g/mol. The van der Waals surface area contributed by atoms with Gasteiger partial charge in [-0.3, -0.25) is 0 Å². The van der Waals surface area contributed by atoms with E-state index in [1.54, 1.807) is 24.3 Å². The van der Waals surface area contributed by atoms with Gasteiger partial charge in [-0.05, 0) is 42.8 Å². The summed E-state index contributed by atoms with van der Waals surface area (Å²) in [6.45, 7) is 1.98. The van der Waals surface area contributed by atoms with Crippen LogP contribution in [-0.2, 0) is 0 Å². The molecule has 0 bridgehead atoms. The first kappa shape index (κ1) is 12.7. The normalized spacial score (nSPS) is 12.2. The quantitative estimate of drug-likeness (QED) is 0.864. The highest BCUT2D eigenvalue weighted by Crippen LogP contribution is 2.24. The summed E-state index contributed by atoms with van der Waals surface area (Å²) in [7, 11) is 0. The van der Waals surface area contributed by atoms with Crippen molar-refractivity contribution in [3.8, 4) is 5.75 Å². The zero-order chi connectivity index (χ0) is 13.1. The average molecular weight is 266 g/mol. The Hall–Kier alpha value is -1.74. The van der Waals surface area contributed by atoms with Crippen LogP contribution in [0.1, 0.15) is 18.5 Å². The van der Waals surface area contributed by atoms with E-state index in [2.05, 4.69) is 5.32 Å². The number of phenolic OH excluding ortho intramolecular Hbond substituents is 1. The van der Waals surface area contributed by atoms with Crippen molar-refractivity contribution >= 4 is 17.3 Å². The topological polar surface area (TPSA) is 32.3 Å². The van der Waals surface area contributed by atoms with Gasteiger partial charge in [-0.2, -0.15) is 0 Å². The van der Waals surface area contributed by atoms with E-state index in [1.165, 1.54) is 6.07 Å². The molecule has 0 amide bonds. The third kappa shape index (κ3) is 2.93. The lowest BCUT2D eigenvalue weighted by molar-refractivity contribution is 0.475. The molecule has 1 unspecified atom stereocenters. The van der Waals surface area contributed by atoms with Gasteiger partial charge in [0.25, 0.3) is 0 Å². The lowest BCUT2D eigenvalue weighted by atomic mass is 10.1. The minimum Gasteiger partial charge on any atom is -0.508 e. The summed E-state index contributed by atoms with van der Waals surface area (Å²) in [5.41, 5.74) is 1.77. The van der Waals surface area contributed by atoms with Crippen LogP contribution in [0.25, 0.3) is 0 Å². The van der Waals surface area contributed by atoms with Crippen LogP contribution in [-0.4, -0.2) is 5.11 Å². The molecule has 1 atom stereocenters. The van der Waals surface area contributed by atoms with Gasteiger partial charge < -0.3 is 10.4 Å². The summed E-state index contributed by atoms with van der Waals surface area (Å²) in [5, 5.41) is 12.5. The molecule has 0 aromatic heterocycles. The zero-order valence-corrected chi connectivity index (χ0v) is 10.6. The Bertz CT molecular complexity index is 542. The maximum atomic E-state index is 13.0. The largest absolute Gasteiger partial charge is 0.508 e. The minimum absolute atomic E-state index is 0.0344. The Labute approximate surface area is 110 Å². The number of phenols is 1. The second-order valence-corrected chi connectivity index (χ2v) is 4.49. The van der Waals surface area contributed by atoms with Crippen LogP contribution in [0, 0.1) is 5.82 Å². The van der Waals surface area contributed by atoms with Gasteiger partial charge in [-0.1, -0.05) is 23.7 Å². The SMILES string of the molecule is CC(Nc1ccc(F)c(Cl)c1)c1ccc(O)cc1.